The summed E-state index contributed by atoms with van der Waals surface area (Å²) in [6.45, 7) is 0. The second-order valence-corrected chi connectivity index (χ2v) is 2.86. The normalized spacial score (nSPS) is 8.80. The smallest absolute Gasteiger partial charge is 0.315 e. The first-order chi connectivity index (χ1) is 7.09. The molecule has 0 aromatic heterocycles. The number of nitrogen functional groups attached to an aromatic ring is 1. The van der Waals surface area contributed by atoms with E-state index >= 15 is 0 Å². The molecular weight excluding hydrogens is 192 g/mol. The van der Waals surface area contributed by atoms with Crippen molar-refractivity contribution in [3.8, 4) is 11.8 Å². The van der Waals surface area contributed by atoms with Crippen LogP contribution in [-0.4, -0.2) is 16.9 Å². The number of nitrogens with two attached hydrogens (primary N) is 1. The summed E-state index contributed by atoms with van der Waals surface area (Å²) in [5.41, 5.74) is 6.61. The highest BCUT2D eigenvalue weighted by molar-refractivity contribution is 5.94. The third kappa shape index (κ3) is 3.53. The van der Waals surface area contributed by atoms with E-state index in [1.54, 1.807) is 24.3 Å². The summed E-state index contributed by atoms with van der Waals surface area (Å²) in [6.07, 6.45) is -0.172. The van der Waals surface area contributed by atoms with Gasteiger partial charge in [-0.25, -0.2) is 0 Å². The molecule has 4 heteroatoms. The molecule has 0 atom stereocenters. The summed E-state index contributed by atoms with van der Waals surface area (Å²) in [4.78, 5) is 10.2. The summed E-state index contributed by atoms with van der Waals surface area (Å²) in [5.74, 6) is 4.27. The number of carboxylic acid groups (broad SMARTS) is 1. The number of rotatable bonds is 2. The van der Waals surface area contributed by atoms with Gasteiger partial charge in [0.05, 0.1) is 0 Å². The van der Waals surface area contributed by atoms with Crippen LogP contribution in [0, 0.1) is 17.3 Å². The zero-order valence-corrected chi connectivity index (χ0v) is 7.95. The van der Waals surface area contributed by atoms with Gasteiger partial charge in [-0.2, -0.15) is 0 Å². The number of carboxylic acids is 1. The zero-order valence-electron chi connectivity index (χ0n) is 7.95. The Morgan fingerprint density at radius 1 is 1.40 bits per heavy atom. The summed E-state index contributed by atoms with van der Waals surface area (Å²) < 4.78 is 0. The number of carbonyl (C=O) groups is 1. The SMILES string of the molecule is N=C(N)c1ccc(C#CCC(=O)O)cc1. The molecule has 0 spiro atoms. The van der Waals surface area contributed by atoms with E-state index in [1.165, 1.54) is 0 Å². The van der Waals surface area contributed by atoms with Gasteiger partial charge in [-0.3, -0.25) is 10.2 Å². The van der Waals surface area contributed by atoms with Crippen molar-refractivity contribution in [2.45, 2.75) is 6.42 Å². The van der Waals surface area contributed by atoms with Crippen molar-refractivity contribution < 1.29 is 9.90 Å². The number of benzene rings is 1. The van der Waals surface area contributed by atoms with Gasteiger partial charge >= 0.3 is 5.97 Å². The van der Waals surface area contributed by atoms with Gasteiger partial charge in [0.25, 0.3) is 0 Å². The topological polar surface area (TPSA) is 87.2 Å². The molecule has 4 N–H and O–H groups in total. The maximum atomic E-state index is 10.2. The summed E-state index contributed by atoms with van der Waals surface area (Å²) in [5, 5.41) is 15.5. The molecule has 1 rings (SSSR count). The Labute approximate surface area is 87.2 Å². The fraction of sp³-hybridized carbons (Fsp3) is 0.0909. The van der Waals surface area contributed by atoms with Gasteiger partial charge in [0.15, 0.2) is 0 Å². The van der Waals surface area contributed by atoms with E-state index in [4.69, 9.17) is 16.2 Å². The Kier molecular flexibility index (Phi) is 3.47. The summed E-state index contributed by atoms with van der Waals surface area (Å²) in [7, 11) is 0. The molecule has 0 radical (unpaired) electrons. The number of hydrogen-bond acceptors (Lipinski definition) is 2. The first kappa shape index (κ1) is 10.8. The molecule has 4 nitrogen and oxygen atoms in total. The fourth-order valence-corrected chi connectivity index (χ4v) is 0.955. The van der Waals surface area contributed by atoms with Crippen LogP contribution >= 0.6 is 0 Å². The van der Waals surface area contributed by atoms with E-state index in [0.29, 0.717) is 11.1 Å². The zero-order chi connectivity index (χ0) is 11.3. The summed E-state index contributed by atoms with van der Waals surface area (Å²) in [6, 6.07) is 6.75. The lowest BCUT2D eigenvalue weighted by Crippen LogP contribution is -2.10. The Morgan fingerprint density at radius 3 is 2.47 bits per heavy atom. The van der Waals surface area contributed by atoms with Crippen LogP contribution < -0.4 is 5.73 Å². The van der Waals surface area contributed by atoms with Gasteiger partial charge in [0, 0.05) is 11.1 Å². The van der Waals surface area contributed by atoms with Crippen molar-refractivity contribution in [3.05, 3.63) is 35.4 Å². The number of amidine groups is 1. The molecule has 1 aromatic carbocycles. The molecule has 0 aliphatic heterocycles. The van der Waals surface area contributed by atoms with Crippen LogP contribution in [0.15, 0.2) is 24.3 Å². The van der Waals surface area contributed by atoms with Crippen LogP contribution in [0.25, 0.3) is 0 Å². The van der Waals surface area contributed by atoms with Gasteiger partial charge in [-0.15, -0.1) is 0 Å². The number of nitrogens with one attached hydrogen (secondary N) is 1. The highest BCUT2D eigenvalue weighted by Crippen LogP contribution is 2.02. The lowest BCUT2D eigenvalue weighted by atomic mass is 10.1. The molecule has 0 fully saturated rings. The molecule has 76 valence electrons. The summed E-state index contributed by atoms with van der Waals surface area (Å²) >= 11 is 0. The minimum absolute atomic E-state index is 0.0000418. The lowest BCUT2D eigenvalue weighted by molar-refractivity contribution is -0.135. The molecule has 0 heterocycles. The molecule has 0 unspecified atom stereocenters. The Hall–Kier alpha value is -2.28. The van der Waals surface area contributed by atoms with Crippen LogP contribution in [0.5, 0.6) is 0 Å². The molecule has 0 bridgehead atoms. The van der Waals surface area contributed by atoms with Crippen LogP contribution in [0.1, 0.15) is 17.5 Å². The Bertz CT molecular complexity index is 438. The van der Waals surface area contributed by atoms with Crippen molar-refractivity contribution in [3.63, 3.8) is 0 Å². The van der Waals surface area contributed by atoms with E-state index in [9.17, 15) is 4.79 Å². The quantitative estimate of drug-likeness (QED) is 0.376. The molecule has 0 amide bonds. The average Bonchev–Trinajstić information content (AvgIpc) is 2.18. The maximum absolute atomic E-state index is 10.2. The first-order valence-electron chi connectivity index (χ1n) is 4.24. The molecule has 1 aromatic rings. The Balaban J connectivity index is 2.75. The first-order valence-corrected chi connectivity index (χ1v) is 4.24. The van der Waals surface area contributed by atoms with Gasteiger partial charge in [0.2, 0.25) is 0 Å². The van der Waals surface area contributed by atoms with Gasteiger partial charge < -0.3 is 10.8 Å². The van der Waals surface area contributed by atoms with Crippen LogP contribution in [0.2, 0.25) is 0 Å². The average molecular weight is 202 g/mol. The molecule has 0 aliphatic carbocycles. The lowest BCUT2D eigenvalue weighted by Gasteiger charge is -1.96. The predicted molar refractivity (Wildman–Crippen MR) is 56.6 cm³/mol. The fourth-order valence-electron chi connectivity index (χ4n) is 0.955. The van der Waals surface area contributed by atoms with Crippen LogP contribution in [0.4, 0.5) is 0 Å². The second kappa shape index (κ2) is 4.82. The van der Waals surface area contributed by atoms with Crippen molar-refractivity contribution in [2.75, 3.05) is 0 Å². The highest BCUT2D eigenvalue weighted by atomic mass is 16.4. The van der Waals surface area contributed by atoms with Gasteiger partial charge in [-0.05, 0) is 12.1 Å². The van der Waals surface area contributed by atoms with E-state index in [0.717, 1.165) is 0 Å². The van der Waals surface area contributed by atoms with E-state index in [1.807, 2.05) is 0 Å². The monoisotopic (exact) mass is 202 g/mol. The molecule has 0 aliphatic rings. The predicted octanol–water partition coefficient (Wildman–Crippen LogP) is 0.797. The second-order valence-electron chi connectivity index (χ2n) is 2.86. The minimum Gasteiger partial charge on any atom is -0.481 e. The number of hydrogen-bond donors (Lipinski definition) is 3. The van der Waals surface area contributed by atoms with Gasteiger partial charge in [0.1, 0.15) is 12.3 Å². The van der Waals surface area contributed by atoms with E-state index in [2.05, 4.69) is 11.8 Å². The molecule has 0 saturated heterocycles. The highest BCUT2D eigenvalue weighted by Gasteiger charge is 1.94. The van der Waals surface area contributed by atoms with E-state index in [-0.39, 0.29) is 12.3 Å². The molecular formula is C11H10N2O2. The standard InChI is InChI=1S/C11H10N2O2/c12-11(13)9-6-4-8(5-7-9)2-1-3-10(14)15/h4-7H,3H2,(H3,12,13)(H,14,15). The van der Waals surface area contributed by atoms with Crippen LogP contribution in [0.3, 0.4) is 0 Å². The largest absolute Gasteiger partial charge is 0.481 e. The third-order valence-electron chi connectivity index (χ3n) is 1.67. The minimum atomic E-state index is -0.942. The molecule has 15 heavy (non-hydrogen) atoms. The maximum Gasteiger partial charge on any atom is 0.315 e. The molecule has 0 saturated carbocycles. The third-order valence-corrected chi connectivity index (χ3v) is 1.67. The van der Waals surface area contributed by atoms with E-state index < -0.39 is 5.97 Å². The van der Waals surface area contributed by atoms with Gasteiger partial charge in [-0.1, -0.05) is 24.0 Å². The van der Waals surface area contributed by atoms with Crippen molar-refractivity contribution in [2.24, 2.45) is 5.73 Å². The van der Waals surface area contributed by atoms with Crippen molar-refractivity contribution in [1.82, 2.24) is 0 Å². The van der Waals surface area contributed by atoms with Crippen LogP contribution in [-0.2, 0) is 4.79 Å². The van der Waals surface area contributed by atoms with Crippen molar-refractivity contribution >= 4 is 11.8 Å². The number of aliphatic carboxylic acids is 1. The Morgan fingerprint density at radius 2 is 2.00 bits per heavy atom. The van der Waals surface area contributed by atoms with Crippen molar-refractivity contribution in [1.29, 1.82) is 5.41 Å².